The molecule has 136 valence electrons. The molecule has 1 atom stereocenters. The summed E-state index contributed by atoms with van der Waals surface area (Å²) < 4.78 is 44.0. The van der Waals surface area contributed by atoms with Crippen molar-refractivity contribution in [3.63, 3.8) is 0 Å². The van der Waals surface area contributed by atoms with Gasteiger partial charge in [0.15, 0.2) is 11.6 Å². The number of piperidine rings is 1. The second kappa shape index (κ2) is 8.78. The molecule has 0 N–H and O–H groups in total. The van der Waals surface area contributed by atoms with Crippen LogP contribution in [0.4, 0.5) is 4.39 Å². The second-order valence-electron chi connectivity index (χ2n) is 6.50. The number of benzene rings is 1. The van der Waals surface area contributed by atoms with Gasteiger partial charge in [0.1, 0.15) is 0 Å². The van der Waals surface area contributed by atoms with E-state index in [0.29, 0.717) is 24.7 Å². The Morgan fingerprint density at radius 2 is 2.08 bits per heavy atom. The minimum absolute atomic E-state index is 0.174. The van der Waals surface area contributed by atoms with Crippen LogP contribution in [0.5, 0.6) is 5.75 Å². The topological polar surface area (TPSA) is 49.9 Å². The fourth-order valence-corrected chi connectivity index (χ4v) is 3.77. The Labute approximate surface area is 144 Å². The van der Waals surface area contributed by atoms with Crippen molar-refractivity contribution in [2.75, 3.05) is 46.1 Å². The molecule has 5 nitrogen and oxygen atoms in total. The van der Waals surface area contributed by atoms with Crippen molar-refractivity contribution in [2.24, 2.45) is 5.92 Å². The lowest BCUT2D eigenvalue weighted by Gasteiger charge is -2.32. The van der Waals surface area contributed by atoms with Crippen LogP contribution >= 0.6 is 0 Å². The molecule has 0 aromatic heterocycles. The first-order valence-electron chi connectivity index (χ1n) is 8.38. The average Bonchev–Trinajstić information content (AvgIpc) is 2.54. The van der Waals surface area contributed by atoms with Gasteiger partial charge in [0.05, 0.1) is 12.4 Å². The van der Waals surface area contributed by atoms with Crippen molar-refractivity contribution < 1.29 is 17.5 Å². The number of nitrogens with zero attached hydrogens (tertiary/aromatic N) is 2. The summed E-state index contributed by atoms with van der Waals surface area (Å²) >= 11 is 0. The van der Waals surface area contributed by atoms with Crippen LogP contribution in [0.3, 0.4) is 0 Å². The Bertz CT molecular complexity index is 622. The van der Waals surface area contributed by atoms with Crippen LogP contribution in [0, 0.1) is 11.7 Å². The number of halogens is 1. The minimum atomic E-state index is -3.12. The van der Waals surface area contributed by atoms with Gasteiger partial charge in [-0.2, -0.15) is 0 Å². The largest absolute Gasteiger partial charge is 0.490 e. The molecule has 0 radical (unpaired) electrons. The second-order valence-corrected chi connectivity index (χ2v) is 8.80. The molecule has 7 heteroatoms. The molecule has 24 heavy (non-hydrogen) atoms. The third-order valence-electron chi connectivity index (χ3n) is 4.35. The van der Waals surface area contributed by atoms with Gasteiger partial charge in [-0.1, -0.05) is 12.1 Å². The number of hydrogen-bond acceptors (Lipinski definition) is 4. The molecular formula is C17H27FN2O3S. The van der Waals surface area contributed by atoms with E-state index in [2.05, 4.69) is 4.90 Å². The van der Waals surface area contributed by atoms with E-state index < -0.39 is 10.0 Å². The molecule has 1 aliphatic heterocycles. The first-order chi connectivity index (χ1) is 11.4. The summed E-state index contributed by atoms with van der Waals surface area (Å²) in [6.45, 7) is 3.12. The molecule has 2 rings (SSSR count). The van der Waals surface area contributed by atoms with Gasteiger partial charge in [-0.15, -0.1) is 0 Å². The Morgan fingerprint density at radius 3 is 2.79 bits per heavy atom. The summed E-state index contributed by atoms with van der Waals surface area (Å²) in [5, 5.41) is 0. The van der Waals surface area contributed by atoms with E-state index in [1.807, 2.05) is 0 Å². The van der Waals surface area contributed by atoms with E-state index >= 15 is 0 Å². The van der Waals surface area contributed by atoms with Crippen molar-refractivity contribution >= 4 is 10.0 Å². The van der Waals surface area contributed by atoms with Gasteiger partial charge >= 0.3 is 0 Å². The molecule has 0 saturated carbocycles. The standard InChI is InChI=1S/C17H27FN2O3S/c1-19(2)24(21,22)12-6-11-20-10-5-7-15(13-20)14-23-17-9-4-3-8-16(17)18/h3-4,8-9,15H,5-7,10-14H2,1-2H3/t15-/m1/s1. The summed E-state index contributed by atoms with van der Waals surface area (Å²) in [4.78, 5) is 2.28. The summed E-state index contributed by atoms with van der Waals surface area (Å²) in [6.07, 6.45) is 2.74. The number of rotatable bonds is 8. The molecule has 0 spiro atoms. The van der Waals surface area contributed by atoms with Crippen molar-refractivity contribution in [3.8, 4) is 5.75 Å². The number of likely N-dealkylation sites (tertiary alicyclic amines) is 1. The van der Waals surface area contributed by atoms with Crippen molar-refractivity contribution in [1.29, 1.82) is 0 Å². The van der Waals surface area contributed by atoms with E-state index in [4.69, 9.17) is 4.74 Å². The normalized spacial score (nSPS) is 19.6. The zero-order valence-electron chi connectivity index (χ0n) is 14.4. The molecule has 1 saturated heterocycles. The Kier molecular flexibility index (Phi) is 7.01. The average molecular weight is 358 g/mol. The molecule has 0 amide bonds. The molecule has 1 aromatic carbocycles. The van der Waals surface area contributed by atoms with Gasteiger partial charge in [0, 0.05) is 26.6 Å². The van der Waals surface area contributed by atoms with Crippen molar-refractivity contribution in [3.05, 3.63) is 30.1 Å². The van der Waals surface area contributed by atoms with Gasteiger partial charge in [0.25, 0.3) is 0 Å². The number of hydrogen-bond donors (Lipinski definition) is 0. The monoisotopic (exact) mass is 358 g/mol. The highest BCUT2D eigenvalue weighted by atomic mass is 32.2. The van der Waals surface area contributed by atoms with Crippen molar-refractivity contribution in [2.45, 2.75) is 19.3 Å². The van der Waals surface area contributed by atoms with E-state index in [9.17, 15) is 12.8 Å². The van der Waals surface area contributed by atoms with E-state index in [0.717, 1.165) is 32.5 Å². The predicted molar refractivity (Wildman–Crippen MR) is 93.1 cm³/mol. The van der Waals surface area contributed by atoms with Crippen LogP contribution < -0.4 is 4.74 Å². The van der Waals surface area contributed by atoms with Gasteiger partial charge in [-0.25, -0.2) is 17.1 Å². The molecule has 1 aromatic rings. The highest BCUT2D eigenvalue weighted by Gasteiger charge is 2.21. The lowest BCUT2D eigenvalue weighted by Crippen LogP contribution is -2.39. The van der Waals surface area contributed by atoms with Gasteiger partial charge in [-0.05, 0) is 44.5 Å². The summed E-state index contributed by atoms with van der Waals surface area (Å²) in [7, 11) is 0.000382. The number of ether oxygens (including phenoxy) is 1. The Balaban J connectivity index is 1.75. The van der Waals surface area contributed by atoms with Crippen LogP contribution in [-0.2, 0) is 10.0 Å². The van der Waals surface area contributed by atoms with Crippen LogP contribution in [-0.4, -0.2) is 63.7 Å². The lowest BCUT2D eigenvalue weighted by molar-refractivity contribution is 0.128. The summed E-state index contributed by atoms with van der Waals surface area (Å²) in [5.74, 6) is 0.488. The fourth-order valence-electron chi connectivity index (χ4n) is 2.91. The van der Waals surface area contributed by atoms with E-state index in [1.54, 1.807) is 32.3 Å². The Hall–Kier alpha value is -1.18. The molecule has 0 unspecified atom stereocenters. The van der Waals surface area contributed by atoms with Crippen LogP contribution in [0.2, 0.25) is 0 Å². The lowest BCUT2D eigenvalue weighted by atomic mass is 9.99. The quantitative estimate of drug-likeness (QED) is 0.715. The van der Waals surface area contributed by atoms with Crippen LogP contribution in [0.15, 0.2) is 24.3 Å². The molecule has 1 aliphatic rings. The van der Waals surface area contributed by atoms with E-state index in [-0.39, 0.29) is 11.6 Å². The third kappa shape index (κ3) is 5.72. The fraction of sp³-hybridized carbons (Fsp3) is 0.647. The molecular weight excluding hydrogens is 331 g/mol. The maximum Gasteiger partial charge on any atom is 0.213 e. The highest BCUT2D eigenvalue weighted by Crippen LogP contribution is 2.21. The van der Waals surface area contributed by atoms with Crippen LogP contribution in [0.1, 0.15) is 19.3 Å². The SMILES string of the molecule is CN(C)S(=O)(=O)CCCN1CCC[C@@H](COc2ccccc2F)C1. The maximum absolute atomic E-state index is 13.6. The van der Waals surface area contributed by atoms with E-state index in [1.165, 1.54) is 10.4 Å². The zero-order chi connectivity index (χ0) is 17.6. The number of para-hydroxylation sites is 1. The minimum Gasteiger partial charge on any atom is -0.490 e. The van der Waals surface area contributed by atoms with Gasteiger partial charge < -0.3 is 9.64 Å². The van der Waals surface area contributed by atoms with Crippen LogP contribution in [0.25, 0.3) is 0 Å². The Morgan fingerprint density at radius 1 is 1.33 bits per heavy atom. The molecule has 1 fully saturated rings. The highest BCUT2D eigenvalue weighted by molar-refractivity contribution is 7.89. The van der Waals surface area contributed by atoms with Crippen molar-refractivity contribution in [1.82, 2.24) is 9.21 Å². The first kappa shape index (κ1) is 19.1. The molecule has 0 bridgehead atoms. The maximum atomic E-state index is 13.6. The summed E-state index contributed by atoms with van der Waals surface area (Å²) in [5.41, 5.74) is 0. The van der Waals surface area contributed by atoms with Gasteiger partial charge in [-0.3, -0.25) is 0 Å². The third-order valence-corrected chi connectivity index (χ3v) is 6.26. The smallest absolute Gasteiger partial charge is 0.213 e. The number of sulfonamides is 1. The molecule has 1 heterocycles. The zero-order valence-corrected chi connectivity index (χ0v) is 15.3. The first-order valence-corrected chi connectivity index (χ1v) is 9.99. The van der Waals surface area contributed by atoms with Gasteiger partial charge in [0.2, 0.25) is 10.0 Å². The summed E-state index contributed by atoms with van der Waals surface area (Å²) in [6, 6.07) is 6.44. The molecule has 0 aliphatic carbocycles. The predicted octanol–water partition coefficient (Wildman–Crippen LogP) is 2.20.